The van der Waals surface area contributed by atoms with Crippen LogP contribution in [-0.4, -0.2) is 64.5 Å². The number of carbonyl (C=O) groups excluding carboxylic acids is 1. The first-order chi connectivity index (χ1) is 11.8. The molecule has 0 bridgehead atoms. The number of nitrogens with zero attached hydrogens (tertiary/aromatic N) is 1. The van der Waals surface area contributed by atoms with Gasteiger partial charge in [0.2, 0.25) is 5.91 Å². The van der Waals surface area contributed by atoms with Crippen molar-refractivity contribution in [3.63, 3.8) is 0 Å². The lowest BCUT2D eigenvalue weighted by Crippen LogP contribution is -2.39. The Bertz CT molecular complexity index is 358. The molecule has 0 saturated heterocycles. The smallest absolute Gasteiger partial charge is 0.241 e. The molecule has 0 radical (unpaired) electrons. The normalized spacial score (nSPS) is 16.0. The second-order valence-corrected chi connectivity index (χ2v) is 5.95. The average Bonchev–Trinajstić information content (AvgIpc) is 2.60. The number of aliphatic imine (C=N–C) groups is 1. The maximum absolute atomic E-state index is 11.6. The first-order valence-electron chi connectivity index (χ1n) is 9.15. The number of hydrogen-bond donors (Lipinski definition) is 3. The molecule has 0 aromatic rings. The van der Waals surface area contributed by atoms with Gasteiger partial charge in [-0.1, -0.05) is 19.3 Å². The van der Waals surface area contributed by atoms with E-state index in [0.717, 1.165) is 26.1 Å². The lowest BCUT2D eigenvalue weighted by Gasteiger charge is -2.22. The van der Waals surface area contributed by atoms with Crippen molar-refractivity contribution >= 4 is 11.9 Å². The number of nitrogens with one attached hydrogen (secondary N) is 3. The highest BCUT2D eigenvalue weighted by Crippen LogP contribution is 2.20. The van der Waals surface area contributed by atoms with Gasteiger partial charge in [-0.3, -0.25) is 4.79 Å². The van der Waals surface area contributed by atoms with Crippen LogP contribution in [-0.2, 0) is 14.3 Å². The fraction of sp³-hybridized carbons (Fsp3) is 0.882. The van der Waals surface area contributed by atoms with Crippen molar-refractivity contribution in [3.8, 4) is 0 Å². The Hall–Kier alpha value is -1.34. The molecule has 0 spiro atoms. The number of carbonyl (C=O) groups is 1. The van der Waals surface area contributed by atoms with Gasteiger partial charge < -0.3 is 25.4 Å². The third-order valence-corrected chi connectivity index (χ3v) is 3.87. The van der Waals surface area contributed by atoms with E-state index in [2.05, 4.69) is 20.9 Å². The first-order valence-corrected chi connectivity index (χ1v) is 9.15. The molecular formula is C17H34N4O3. The van der Waals surface area contributed by atoms with E-state index in [1.165, 1.54) is 32.1 Å². The molecule has 3 N–H and O–H groups in total. The lowest BCUT2D eigenvalue weighted by atomic mass is 9.98. The Labute approximate surface area is 146 Å². The van der Waals surface area contributed by atoms with E-state index >= 15 is 0 Å². The maximum atomic E-state index is 11.6. The van der Waals surface area contributed by atoms with Gasteiger partial charge in [-0.25, -0.2) is 4.99 Å². The Balaban J connectivity index is 2.14. The van der Waals surface area contributed by atoms with E-state index < -0.39 is 0 Å². The highest BCUT2D eigenvalue weighted by Gasteiger charge is 2.12. The van der Waals surface area contributed by atoms with Crippen molar-refractivity contribution in [1.82, 2.24) is 16.0 Å². The number of methoxy groups -OCH3 is 1. The van der Waals surface area contributed by atoms with E-state index in [4.69, 9.17) is 9.47 Å². The summed E-state index contributed by atoms with van der Waals surface area (Å²) in [6.45, 7) is 5.44. The van der Waals surface area contributed by atoms with E-state index in [-0.39, 0.29) is 12.5 Å². The molecule has 1 amide bonds. The zero-order valence-electron chi connectivity index (χ0n) is 15.2. The predicted molar refractivity (Wildman–Crippen MR) is 96.3 cm³/mol. The molecule has 0 aromatic heterocycles. The lowest BCUT2D eigenvalue weighted by molar-refractivity contribution is -0.119. The van der Waals surface area contributed by atoms with Gasteiger partial charge in [0.1, 0.15) is 6.54 Å². The SMILES string of the molecule is CCNC(=NCC(=O)NCCOC)NCCCOC1CCCCC1. The molecule has 0 aliphatic heterocycles. The Morgan fingerprint density at radius 2 is 1.88 bits per heavy atom. The molecule has 7 nitrogen and oxygen atoms in total. The summed E-state index contributed by atoms with van der Waals surface area (Å²) in [5.41, 5.74) is 0. The van der Waals surface area contributed by atoms with Gasteiger partial charge in [0.05, 0.1) is 12.7 Å². The molecule has 1 fully saturated rings. The summed E-state index contributed by atoms with van der Waals surface area (Å²) in [6, 6.07) is 0. The third-order valence-electron chi connectivity index (χ3n) is 3.87. The minimum absolute atomic E-state index is 0.107. The van der Waals surface area contributed by atoms with Crippen LogP contribution in [0.5, 0.6) is 0 Å². The Kier molecular flexibility index (Phi) is 12.1. The van der Waals surface area contributed by atoms with Crippen molar-refractivity contribution in [3.05, 3.63) is 0 Å². The summed E-state index contributed by atoms with van der Waals surface area (Å²) in [5.74, 6) is 0.557. The number of guanidine groups is 1. The van der Waals surface area contributed by atoms with Gasteiger partial charge >= 0.3 is 0 Å². The fourth-order valence-corrected chi connectivity index (χ4v) is 2.60. The first kappa shape index (κ1) is 20.7. The zero-order valence-corrected chi connectivity index (χ0v) is 15.2. The maximum Gasteiger partial charge on any atom is 0.241 e. The summed E-state index contributed by atoms with van der Waals surface area (Å²) in [5, 5.41) is 9.12. The summed E-state index contributed by atoms with van der Waals surface area (Å²) in [6.07, 6.45) is 7.74. The second-order valence-electron chi connectivity index (χ2n) is 5.95. The summed E-state index contributed by atoms with van der Waals surface area (Å²) >= 11 is 0. The van der Waals surface area contributed by atoms with Crippen molar-refractivity contribution in [2.24, 2.45) is 4.99 Å². The minimum atomic E-state index is -0.107. The van der Waals surface area contributed by atoms with Gasteiger partial charge in [-0.2, -0.15) is 0 Å². The Morgan fingerprint density at radius 3 is 2.58 bits per heavy atom. The third kappa shape index (κ3) is 10.4. The second kappa shape index (κ2) is 14.0. The zero-order chi connectivity index (χ0) is 17.5. The van der Waals surface area contributed by atoms with Gasteiger partial charge in [-0.05, 0) is 26.2 Å². The van der Waals surface area contributed by atoms with E-state index in [1.54, 1.807) is 7.11 Å². The van der Waals surface area contributed by atoms with Crippen LogP contribution in [0.3, 0.4) is 0 Å². The summed E-state index contributed by atoms with van der Waals surface area (Å²) in [4.78, 5) is 15.9. The minimum Gasteiger partial charge on any atom is -0.383 e. The number of rotatable bonds is 11. The van der Waals surface area contributed by atoms with E-state index in [9.17, 15) is 4.79 Å². The predicted octanol–water partition coefficient (Wildman–Crippen LogP) is 1.04. The number of amides is 1. The molecule has 1 rings (SSSR count). The highest BCUT2D eigenvalue weighted by atomic mass is 16.5. The summed E-state index contributed by atoms with van der Waals surface area (Å²) < 4.78 is 10.8. The van der Waals surface area contributed by atoms with Crippen LogP contribution in [0.1, 0.15) is 45.4 Å². The topological polar surface area (TPSA) is 84.0 Å². The van der Waals surface area contributed by atoms with Crippen LogP contribution < -0.4 is 16.0 Å². The van der Waals surface area contributed by atoms with Crippen molar-refractivity contribution < 1.29 is 14.3 Å². The average molecular weight is 342 g/mol. The van der Waals surface area contributed by atoms with Crippen molar-refractivity contribution in [1.29, 1.82) is 0 Å². The molecular weight excluding hydrogens is 308 g/mol. The van der Waals surface area contributed by atoms with Gasteiger partial charge in [0, 0.05) is 33.4 Å². The van der Waals surface area contributed by atoms with Gasteiger partial charge in [-0.15, -0.1) is 0 Å². The molecule has 1 aliphatic carbocycles. The fourth-order valence-electron chi connectivity index (χ4n) is 2.60. The highest BCUT2D eigenvalue weighted by molar-refractivity contribution is 5.84. The monoisotopic (exact) mass is 342 g/mol. The van der Waals surface area contributed by atoms with Gasteiger partial charge in [0.25, 0.3) is 0 Å². The van der Waals surface area contributed by atoms with E-state index in [0.29, 0.717) is 25.2 Å². The quantitative estimate of drug-likeness (QED) is 0.297. The standard InChI is InChI=1S/C17H34N4O3/c1-3-18-17(21-14-16(22)19-11-13-23-2)20-10-7-12-24-15-8-5-4-6-9-15/h15H,3-14H2,1-2H3,(H,19,22)(H2,18,20,21). The summed E-state index contributed by atoms with van der Waals surface area (Å²) in [7, 11) is 1.61. The number of hydrogen-bond acceptors (Lipinski definition) is 4. The van der Waals surface area contributed by atoms with Crippen LogP contribution in [0.2, 0.25) is 0 Å². The molecule has 1 saturated carbocycles. The van der Waals surface area contributed by atoms with Crippen LogP contribution in [0.4, 0.5) is 0 Å². The largest absolute Gasteiger partial charge is 0.383 e. The van der Waals surface area contributed by atoms with Crippen molar-refractivity contribution in [2.45, 2.75) is 51.6 Å². The van der Waals surface area contributed by atoms with Crippen LogP contribution >= 0.6 is 0 Å². The molecule has 0 aromatic carbocycles. The van der Waals surface area contributed by atoms with Crippen molar-refractivity contribution in [2.75, 3.05) is 46.5 Å². The number of ether oxygens (including phenoxy) is 2. The molecule has 1 aliphatic rings. The van der Waals surface area contributed by atoms with Crippen LogP contribution in [0, 0.1) is 0 Å². The molecule has 7 heteroatoms. The molecule has 140 valence electrons. The molecule has 0 heterocycles. The van der Waals surface area contributed by atoms with Crippen LogP contribution in [0.25, 0.3) is 0 Å². The Morgan fingerprint density at radius 1 is 1.08 bits per heavy atom. The van der Waals surface area contributed by atoms with E-state index in [1.807, 2.05) is 6.92 Å². The van der Waals surface area contributed by atoms with Gasteiger partial charge in [0.15, 0.2) is 5.96 Å². The molecule has 0 atom stereocenters. The van der Waals surface area contributed by atoms with Crippen LogP contribution in [0.15, 0.2) is 4.99 Å². The molecule has 24 heavy (non-hydrogen) atoms. The molecule has 0 unspecified atom stereocenters.